The standard InChI is InChI=1S/C21H19N5O3S/c1-13-5-3-7-15(9-13)22-19(28)12-30-21-24-20(14-6-4-8-16(10-14)29-2)23-17-11-18(27)25-26(17)21/h3-11H,12H2,1-2H3,(H,22,28)(H,25,27). The van der Waals surface area contributed by atoms with Gasteiger partial charge in [-0.15, -0.1) is 0 Å². The number of carbonyl (C=O) groups excluding carboxylic acids is 1. The summed E-state index contributed by atoms with van der Waals surface area (Å²) in [6.07, 6.45) is 0. The highest BCUT2D eigenvalue weighted by molar-refractivity contribution is 7.99. The molecule has 0 bridgehead atoms. The Hall–Kier alpha value is -3.59. The second kappa shape index (κ2) is 8.42. The van der Waals surface area contributed by atoms with E-state index in [1.54, 1.807) is 7.11 Å². The van der Waals surface area contributed by atoms with Crippen molar-refractivity contribution in [1.29, 1.82) is 0 Å². The Kier molecular flexibility index (Phi) is 5.53. The number of nitrogens with one attached hydrogen (secondary N) is 2. The first-order valence-electron chi connectivity index (χ1n) is 9.15. The molecule has 0 atom stereocenters. The molecule has 2 heterocycles. The second-order valence-corrected chi connectivity index (χ2v) is 7.52. The number of hydrogen-bond donors (Lipinski definition) is 2. The zero-order chi connectivity index (χ0) is 21.1. The van der Waals surface area contributed by atoms with Gasteiger partial charge in [-0.05, 0) is 36.8 Å². The maximum atomic E-state index is 12.4. The van der Waals surface area contributed by atoms with Gasteiger partial charge in [-0.1, -0.05) is 36.0 Å². The number of amides is 1. The molecule has 30 heavy (non-hydrogen) atoms. The number of nitrogens with zero attached hydrogens (tertiary/aromatic N) is 3. The third-order valence-corrected chi connectivity index (χ3v) is 5.23. The zero-order valence-corrected chi connectivity index (χ0v) is 17.2. The molecule has 0 aliphatic heterocycles. The van der Waals surface area contributed by atoms with Crippen molar-refractivity contribution in [3.8, 4) is 17.1 Å². The largest absolute Gasteiger partial charge is 0.497 e. The lowest BCUT2D eigenvalue weighted by molar-refractivity contribution is -0.113. The first-order chi connectivity index (χ1) is 14.5. The van der Waals surface area contributed by atoms with Gasteiger partial charge in [-0.25, -0.2) is 14.5 Å². The maximum Gasteiger partial charge on any atom is 0.266 e. The summed E-state index contributed by atoms with van der Waals surface area (Å²) in [7, 11) is 1.59. The highest BCUT2D eigenvalue weighted by Crippen LogP contribution is 2.24. The smallest absolute Gasteiger partial charge is 0.266 e. The second-order valence-electron chi connectivity index (χ2n) is 6.58. The van der Waals surface area contributed by atoms with E-state index in [0.29, 0.717) is 22.4 Å². The molecule has 4 aromatic rings. The van der Waals surface area contributed by atoms with E-state index in [1.165, 1.54) is 22.3 Å². The van der Waals surface area contributed by atoms with E-state index in [-0.39, 0.29) is 17.2 Å². The van der Waals surface area contributed by atoms with E-state index >= 15 is 0 Å². The average Bonchev–Trinajstić information content (AvgIpc) is 3.12. The normalized spacial score (nSPS) is 10.9. The van der Waals surface area contributed by atoms with E-state index in [2.05, 4.69) is 20.4 Å². The summed E-state index contributed by atoms with van der Waals surface area (Å²) in [5.74, 6) is 1.07. The van der Waals surface area contributed by atoms with Gasteiger partial charge in [0.05, 0.1) is 12.9 Å². The predicted molar refractivity (Wildman–Crippen MR) is 116 cm³/mol. The van der Waals surface area contributed by atoms with Crippen LogP contribution in [0, 0.1) is 6.92 Å². The first kappa shape index (κ1) is 19.7. The van der Waals surface area contributed by atoms with E-state index in [1.807, 2.05) is 55.5 Å². The number of anilines is 1. The van der Waals surface area contributed by atoms with Crippen molar-refractivity contribution in [2.75, 3.05) is 18.2 Å². The lowest BCUT2D eigenvalue weighted by Crippen LogP contribution is -2.15. The van der Waals surface area contributed by atoms with Crippen LogP contribution in [-0.4, -0.2) is 38.4 Å². The number of fused-ring (bicyclic) bond motifs is 1. The number of carbonyl (C=O) groups is 1. The SMILES string of the molecule is COc1cccc(-c2nc(SCC(=O)Nc3cccc(C)c3)n3[nH]c(=O)cc3n2)c1. The molecule has 0 fully saturated rings. The van der Waals surface area contributed by atoms with E-state index < -0.39 is 0 Å². The van der Waals surface area contributed by atoms with Gasteiger partial charge in [0.1, 0.15) is 5.75 Å². The number of thioether (sulfide) groups is 1. The van der Waals surface area contributed by atoms with Crippen LogP contribution in [0.2, 0.25) is 0 Å². The van der Waals surface area contributed by atoms with Crippen LogP contribution >= 0.6 is 11.8 Å². The summed E-state index contributed by atoms with van der Waals surface area (Å²) in [5, 5.41) is 5.99. The molecule has 0 saturated carbocycles. The van der Waals surface area contributed by atoms with Crippen LogP contribution < -0.4 is 15.6 Å². The highest BCUT2D eigenvalue weighted by atomic mass is 32.2. The number of aromatic nitrogens is 4. The van der Waals surface area contributed by atoms with Crippen molar-refractivity contribution in [3.05, 3.63) is 70.5 Å². The maximum absolute atomic E-state index is 12.4. The van der Waals surface area contributed by atoms with Crippen molar-refractivity contribution in [3.63, 3.8) is 0 Å². The van der Waals surface area contributed by atoms with Gasteiger partial charge in [-0.3, -0.25) is 14.7 Å². The molecule has 8 nitrogen and oxygen atoms in total. The van der Waals surface area contributed by atoms with Crippen LogP contribution in [0.15, 0.2) is 64.5 Å². The van der Waals surface area contributed by atoms with Gasteiger partial charge < -0.3 is 10.1 Å². The summed E-state index contributed by atoms with van der Waals surface area (Å²) < 4.78 is 6.75. The first-order valence-corrected chi connectivity index (χ1v) is 10.1. The number of rotatable bonds is 6. The summed E-state index contributed by atoms with van der Waals surface area (Å²) >= 11 is 1.21. The molecule has 1 amide bonds. The molecule has 9 heteroatoms. The number of ether oxygens (including phenoxy) is 1. The van der Waals surface area contributed by atoms with Crippen LogP contribution in [0.5, 0.6) is 5.75 Å². The Morgan fingerprint density at radius 1 is 1.17 bits per heavy atom. The number of aryl methyl sites for hydroxylation is 1. The molecule has 0 aliphatic rings. The minimum absolute atomic E-state index is 0.123. The summed E-state index contributed by atoms with van der Waals surface area (Å²) in [6, 6.07) is 16.3. The third-order valence-electron chi connectivity index (χ3n) is 4.29. The zero-order valence-electron chi connectivity index (χ0n) is 16.4. The van der Waals surface area contributed by atoms with Gasteiger partial charge in [0.15, 0.2) is 16.6 Å². The monoisotopic (exact) mass is 421 g/mol. The lowest BCUT2D eigenvalue weighted by Gasteiger charge is -2.09. The molecule has 152 valence electrons. The minimum Gasteiger partial charge on any atom is -0.497 e. The number of aromatic amines is 1. The van der Waals surface area contributed by atoms with Gasteiger partial charge >= 0.3 is 0 Å². The van der Waals surface area contributed by atoms with E-state index in [9.17, 15) is 9.59 Å². The van der Waals surface area contributed by atoms with Crippen LogP contribution in [0.3, 0.4) is 0 Å². The Labute approximate surface area is 176 Å². The van der Waals surface area contributed by atoms with Crippen molar-refractivity contribution >= 4 is 29.0 Å². The van der Waals surface area contributed by atoms with Crippen molar-refractivity contribution < 1.29 is 9.53 Å². The minimum atomic E-state index is -0.293. The molecular weight excluding hydrogens is 402 g/mol. The molecule has 2 aromatic heterocycles. The number of hydrogen-bond acceptors (Lipinski definition) is 6. The summed E-state index contributed by atoms with van der Waals surface area (Å²) in [6.45, 7) is 1.96. The quantitative estimate of drug-likeness (QED) is 0.464. The molecule has 0 unspecified atom stereocenters. The Balaban J connectivity index is 1.61. The molecule has 0 aliphatic carbocycles. The average molecular weight is 421 g/mol. The van der Waals surface area contributed by atoms with Crippen molar-refractivity contribution in [2.45, 2.75) is 12.1 Å². The van der Waals surface area contributed by atoms with Crippen LogP contribution in [0.4, 0.5) is 5.69 Å². The molecule has 2 N–H and O–H groups in total. The lowest BCUT2D eigenvalue weighted by atomic mass is 10.2. The number of methoxy groups -OCH3 is 1. The van der Waals surface area contributed by atoms with Gasteiger partial charge in [0.2, 0.25) is 5.91 Å². The Bertz CT molecular complexity index is 1280. The van der Waals surface area contributed by atoms with Gasteiger partial charge in [0.25, 0.3) is 5.56 Å². The van der Waals surface area contributed by atoms with Crippen molar-refractivity contribution in [2.24, 2.45) is 0 Å². The van der Waals surface area contributed by atoms with E-state index in [0.717, 1.165) is 16.8 Å². The third kappa shape index (κ3) is 4.36. The Morgan fingerprint density at radius 3 is 2.80 bits per heavy atom. The molecule has 2 aromatic carbocycles. The molecular formula is C21H19N5O3S. The van der Waals surface area contributed by atoms with Crippen molar-refractivity contribution in [1.82, 2.24) is 19.6 Å². The van der Waals surface area contributed by atoms with Crippen LogP contribution in [0.1, 0.15) is 5.56 Å². The fraction of sp³-hybridized carbons (Fsp3) is 0.143. The van der Waals surface area contributed by atoms with E-state index in [4.69, 9.17) is 4.74 Å². The predicted octanol–water partition coefficient (Wildman–Crippen LogP) is 3.13. The molecule has 0 spiro atoms. The fourth-order valence-electron chi connectivity index (χ4n) is 2.92. The van der Waals surface area contributed by atoms with Crippen LogP contribution in [-0.2, 0) is 4.79 Å². The topological polar surface area (TPSA) is 101 Å². The highest BCUT2D eigenvalue weighted by Gasteiger charge is 2.14. The number of H-pyrrole nitrogens is 1. The molecule has 0 radical (unpaired) electrons. The summed E-state index contributed by atoms with van der Waals surface area (Å²) in [4.78, 5) is 33.3. The van der Waals surface area contributed by atoms with Gasteiger partial charge in [0, 0.05) is 17.3 Å². The number of benzene rings is 2. The Morgan fingerprint density at radius 2 is 2.00 bits per heavy atom. The molecule has 0 saturated heterocycles. The van der Waals surface area contributed by atoms with Gasteiger partial charge in [-0.2, -0.15) is 0 Å². The summed E-state index contributed by atoms with van der Waals surface area (Å²) in [5.41, 5.74) is 2.68. The fourth-order valence-corrected chi connectivity index (χ4v) is 3.67. The molecule has 4 rings (SSSR count). The van der Waals surface area contributed by atoms with Crippen LogP contribution in [0.25, 0.3) is 17.0 Å².